The van der Waals surface area contributed by atoms with Crippen LogP contribution in [0.3, 0.4) is 0 Å². The first-order valence-corrected chi connectivity index (χ1v) is 6.18. The highest BCUT2D eigenvalue weighted by molar-refractivity contribution is 6.32. The summed E-state index contributed by atoms with van der Waals surface area (Å²) in [5.74, 6) is -0.106. The van der Waals surface area contributed by atoms with Gasteiger partial charge in [-0.05, 0) is 25.0 Å². The van der Waals surface area contributed by atoms with E-state index in [9.17, 15) is 13.2 Å². The number of anilines is 1. The van der Waals surface area contributed by atoms with Crippen LogP contribution in [-0.2, 0) is 0 Å². The minimum absolute atomic E-state index is 0.0448. The zero-order valence-corrected chi connectivity index (χ0v) is 11.2. The van der Waals surface area contributed by atoms with E-state index in [2.05, 4.69) is 15.3 Å². The van der Waals surface area contributed by atoms with Crippen LogP contribution in [0.25, 0.3) is 0 Å². The van der Waals surface area contributed by atoms with Gasteiger partial charge in [0.2, 0.25) is 0 Å². The first-order valence-electron chi connectivity index (χ1n) is 5.80. The predicted octanol–water partition coefficient (Wildman–Crippen LogP) is 3.45. The molecule has 0 bridgehead atoms. The van der Waals surface area contributed by atoms with Gasteiger partial charge in [-0.25, -0.2) is 0 Å². The highest BCUT2D eigenvalue weighted by Gasteiger charge is 2.29. The molecule has 0 aromatic heterocycles. The Bertz CT molecular complexity index is 453. The second-order valence-corrected chi connectivity index (χ2v) is 4.22. The number of benzene rings is 1. The lowest BCUT2D eigenvalue weighted by atomic mass is 10.3. The lowest BCUT2D eigenvalue weighted by Crippen LogP contribution is -2.19. The van der Waals surface area contributed by atoms with Crippen LogP contribution in [0.15, 0.2) is 23.3 Å². The van der Waals surface area contributed by atoms with Crippen molar-refractivity contribution in [3.63, 3.8) is 0 Å². The molecule has 1 rings (SSSR count). The molecule has 4 nitrogen and oxygen atoms in total. The Morgan fingerprint density at radius 3 is 2.80 bits per heavy atom. The topological polar surface area (TPSA) is 53.9 Å². The summed E-state index contributed by atoms with van der Waals surface area (Å²) >= 11 is 5.80. The fourth-order valence-electron chi connectivity index (χ4n) is 1.26. The van der Waals surface area contributed by atoms with E-state index in [4.69, 9.17) is 16.7 Å². The quantitative estimate of drug-likeness (QED) is 0.461. The van der Waals surface area contributed by atoms with Gasteiger partial charge < -0.3 is 9.84 Å². The van der Waals surface area contributed by atoms with Gasteiger partial charge in [0.25, 0.3) is 0 Å². The van der Waals surface area contributed by atoms with Crippen LogP contribution in [0.4, 0.5) is 18.9 Å². The van der Waals surface area contributed by atoms with Crippen molar-refractivity contribution in [2.45, 2.75) is 19.0 Å². The summed E-state index contributed by atoms with van der Waals surface area (Å²) in [6.45, 7) is -1.39. The Labute approximate surface area is 119 Å². The average Bonchev–Trinajstić information content (AvgIpc) is 2.36. The maximum atomic E-state index is 12.2. The van der Waals surface area contributed by atoms with Gasteiger partial charge in [-0.3, -0.25) is 5.43 Å². The molecule has 0 spiro atoms. The number of nitrogens with one attached hydrogen (secondary N) is 1. The van der Waals surface area contributed by atoms with E-state index in [-0.39, 0.29) is 23.1 Å². The molecule has 0 fully saturated rings. The SMILES string of the molecule is OCCC/C=N\Nc1cccc(Cl)c1OCC(F)(F)F. The molecule has 0 radical (unpaired) electrons. The van der Waals surface area contributed by atoms with Crippen LogP contribution in [-0.4, -0.2) is 30.7 Å². The van der Waals surface area contributed by atoms with Crippen LogP contribution < -0.4 is 10.2 Å². The van der Waals surface area contributed by atoms with Gasteiger partial charge in [-0.2, -0.15) is 18.3 Å². The zero-order valence-electron chi connectivity index (χ0n) is 10.5. The van der Waals surface area contributed by atoms with Crippen LogP contribution in [0.5, 0.6) is 5.75 Å². The number of alkyl halides is 3. The molecule has 0 aliphatic carbocycles. The van der Waals surface area contributed by atoms with Crippen molar-refractivity contribution in [3.8, 4) is 5.75 Å². The largest absolute Gasteiger partial charge is 0.480 e. The zero-order chi connectivity index (χ0) is 15.0. The summed E-state index contributed by atoms with van der Waals surface area (Å²) in [7, 11) is 0. The van der Waals surface area contributed by atoms with Crippen molar-refractivity contribution in [2.75, 3.05) is 18.6 Å². The van der Waals surface area contributed by atoms with Crippen molar-refractivity contribution in [3.05, 3.63) is 23.2 Å². The van der Waals surface area contributed by atoms with Crippen LogP contribution in [0.2, 0.25) is 5.02 Å². The van der Waals surface area contributed by atoms with E-state index in [1.54, 1.807) is 6.07 Å². The third-order valence-electron chi connectivity index (χ3n) is 2.11. The summed E-state index contributed by atoms with van der Waals surface area (Å²) in [6.07, 6.45) is -1.84. The maximum Gasteiger partial charge on any atom is 0.422 e. The molecule has 0 atom stereocenters. The first kappa shape index (κ1) is 16.6. The highest BCUT2D eigenvalue weighted by atomic mass is 35.5. The van der Waals surface area contributed by atoms with Crippen LogP contribution in [0.1, 0.15) is 12.8 Å². The number of ether oxygens (including phenoxy) is 1. The van der Waals surface area contributed by atoms with Crippen LogP contribution in [0, 0.1) is 0 Å². The number of aliphatic hydroxyl groups excluding tert-OH is 1. The van der Waals surface area contributed by atoms with E-state index in [0.29, 0.717) is 12.8 Å². The Hall–Kier alpha value is -1.47. The lowest BCUT2D eigenvalue weighted by molar-refractivity contribution is -0.153. The van der Waals surface area contributed by atoms with Gasteiger partial charge in [0.05, 0.1) is 10.7 Å². The molecular formula is C12H14ClF3N2O2. The molecular weight excluding hydrogens is 297 g/mol. The number of hydrazone groups is 1. The summed E-state index contributed by atoms with van der Waals surface area (Å²) in [4.78, 5) is 0. The molecule has 0 saturated heterocycles. The summed E-state index contributed by atoms with van der Waals surface area (Å²) in [5.41, 5.74) is 2.80. The first-order chi connectivity index (χ1) is 9.44. The number of unbranched alkanes of at least 4 members (excludes halogenated alkanes) is 1. The smallest absolute Gasteiger partial charge is 0.422 e. The highest BCUT2D eigenvalue weighted by Crippen LogP contribution is 2.34. The van der Waals surface area contributed by atoms with E-state index in [1.807, 2.05) is 0 Å². The third kappa shape index (κ3) is 6.12. The minimum atomic E-state index is -4.44. The minimum Gasteiger partial charge on any atom is -0.480 e. The summed E-state index contributed by atoms with van der Waals surface area (Å²) < 4.78 is 41.1. The molecule has 0 aliphatic heterocycles. The molecule has 0 unspecified atom stereocenters. The fourth-order valence-corrected chi connectivity index (χ4v) is 1.49. The monoisotopic (exact) mass is 310 g/mol. The Morgan fingerprint density at radius 1 is 1.40 bits per heavy atom. The van der Waals surface area contributed by atoms with Gasteiger partial charge >= 0.3 is 6.18 Å². The maximum absolute atomic E-state index is 12.2. The van der Waals surface area contributed by atoms with Crippen molar-refractivity contribution >= 4 is 23.5 Å². The molecule has 2 N–H and O–H groups in total. The number of nitrogens with zero attached hydrogens (tertiary/aromatic N) is 1. The predicted molar refractivity (Wildman–Crippen MR) is 71.4 cm³/mol. The number of rotatable bonds is 7. The molecule has 0 heterocycles. The Balaban J connectivity index is 2.70. The van der Waals surface area contributed by atoms with E-state index in [1.165, 1.54) is 18.3 Å². The third-order valence-corrected chi connectivity index (χ3v) is 2.41. The summed E-state index contributed by atoms with van der Waals surface area (Å²) in [5, 5.41) is 12.5. The number of para-hydroxylation sites is 1. The van der Waals surface area contributed by atoms with Gasteiger partial charge in [-0.1, -0.05) is 17.7 Å². The second kappa shape index (κ2) is 7.96. The molecule has 1 aromatic rings. The molecule has 0 saturated carbocycles. The number of hydrogen-bond acceptors (Lipinski definition) is 4. The molecule has 112 valence electrons. The second-order valence-electron chi connectivity index (χ2n) is 3.81. The van der Waals surface area contributed by atoms with Crippen molar-refractivity contribution in [1.29, 1.82) is 0 Å². The van der Waals surface area contributed by atoms with E-state index in [0.717, 1.165) is 0 Å². The molecule has 8 heteroatoms. The molecule has 0 aliphatic rings. The summed E-state index contributed by atoms with van der Waals surface area (Å²) in [6, 6.07) is 4.49. The Kier molecular flexibility index (Phi) is 6.60. The van der Waals surface area contributed by atoms with Gasteiger partial charge in [0, 0.05) is 12.8 Å². The van der Waals surface area contributed by atoms with Gasteiger partial charge in [-0.15, -0.1) is 0 Å². The normalized spacial score (nSPS) is 11.8. The number of aliphatic hydroxyl groups is 1. The van der Waals surface area contributed by atoms with Crippen molar-refractivity contribution in [2.24, 2.45) is 5.10 Å². The molecule has 20 heavy (non-hydrogen) atoms. The molecule has 1 aromatic carbocycles. The number of hydrogen-bond donors (Lipinski definition) is 2. The van der Waals surface area contributed by atoms with Crippen LogP contribution >= 0.6 is 11.6 Å². The van der Waals surface area contributed by atoms with Crippen molar-refractivity contribution < 1.29 is 23.0 Å². The number of halogens is 4. The Morgan fingerprint density at radius 2 is 2.15 bits per heavy atom. The van der Waals surface area contributed by atoms with Gasteiger partial charge in [0.15, 0.2) is 12.4 Å². The molecule has 0 amide bonds. The lowest BCUT2D eigenvalue weighted by Gasteiger charge is -2.13. The fraction of sp³-hybridized carbons (Fsp3) is 0.417. The van der Waals surface area contributed by atoms with Gasteiger partial charge in [0.1, 0.15) is 0 Å². The van der Waals surface area contributed by atoms with E-state index < -0.39 is 12.8 Å². The average molecular weight is 311 g/mol. The van der Waals surface area contributed by atoms with Crippen molar-refractivity contribution in [1.82, 2.24) is 0 Å². The standard InChI is InChI=1S/C12H14ClF3N2O2/c13-9-4-3-5-10(18-17-6-1-2-7-19)11(9)20-8-12(14,15)16/h3-6,18-19H,1-2,7-8H2/b17-6-. The van der Waals surface area contributed by atoms with E-state index >= 15 is 0 Å².